The van der Waals surface area contributed by atoms with E-state index in [1.54, 1.807) is 42.1 Å². The Kier molecular flexibility index (Phi) is 8.98. The molecule has 0 bridgehead atoms. The van der Waals surface area contributed by atoms with Crippen LogP contribution in [0.5, 0.6) is 0 Å². The number of carbonyl (C=O) groups excluding carboxylic acids is 2. The van der Waals surface area contributed by atoms with Crippen LogP contribution in [0, 0.1) is 5.82 Å². The summed E-state index contributed by atoms with van der Waals surface area (Å²) in [4.78, 5) is 39.7. The fourth-order valence-electron chi connectivity index (χ4n) is 3.76. The largest absolute Gasteiger partial charge is 0.358 e. The van der Waals surface area contributed by atoms with Crippen molar-refractivity contribution in [2.24, 2.45) is 4.99 Å². The highest BCUT2D eigenvalue weighted by Gasteiger charge is 2.21. The molecule has 1 aliphatic rings. The van der Waals surface area contributed by atoms with Gasteiger partial charge in [0.05, 0.1) is 28.4 Å². The summed E-state index contributed by atoms with van der Waals surface area (Å²) in [6.07, 6.45) is 1.43. The number of aromatic nitrogens is 1. The van der Waals surface area contributed by atoms with E-state index in [1.165, 1.54) is 18.3 Å². The smallest absolute Gasteiger partial charge is 0.258 e. The number of amidine groups is 1. The number of likely N-dealkylation sites (N-methyl/N-ethyl adjacent to an activating group) is 1. The fourth-order valence-corrected chi connectivity index (χ4v) is 4.93. The number of hydrogen-bond acceptors (Lipinski definition) is 7. The summed E-state index contributed by atoms with van der Waals surface area (Å²) in [5.74, 6) is 0.00833. The molecular formula is C27H28ClFN6O2S. The van der Waals surface area contributed by atoms with Crippen LogP contribution in [0.25, 0.3) is 0 Å². The molecule has 0 saturated heterocycles. The molecule has 8 nitrogen and oxygen atoms in total. The second kappa shape index (κ2) is 12.4. The van der Waals surface area contributed by atoms with Crippen molar-refractivity contribution < 1.29 is 14.0 Å². The van der Waals surface area contributed by atoms with Crippen LogP contribution in [0.2, 0.25) is 5.02 Å². The Hall–Kier alpha value is -3.47. The summed E-state index contributed by atoms with van der Waals surface area (Å²) in [5, 5.41) is 5.87. The van der Waals surface area contributed by atoms with Gasteiger partial charge in [0.25, 0.3) is 11.8 Å². The van der Waals surface area contributed by atoms with Crippen molar-refractivity contribution in [2.75, 3.05) is 57.2 Å². The zero-order valence-electron chi connectivity index (χ0n) is 21.3. The molecule has 2 amide bonds. The topological polar surface area (TPSA) is 89.9 Å². The Labute approximate surface area is 230 Å². The number of halogens is 2. The van der Waals surface area contributed by atoms with Crippen LogP contribution < -0.4 is 10.6 Å². The van der Waals surface area contributed by atoms with E-state index in [0.717, 1.165) is 23.7 Å². The Morgan fingerprint density at radius 2 is 1.87 bits per heavy atom. The molecule has 0 aliphatic carbocycles. The predicted molar refractivity (Wildman–Crippen MR) is 151 cm³/mol. The molecule has 4 rings (SSSR count). The van der Waals surface area contributed by atoms with Crippen LogP contribution in [0.3, 0.4) is 0 Å². The van der Waals surface area contributed by atoms with Gasteiger partial charge in [-0.05, 0) is 56.6 Å². The number of aliphatic imine (C=N–C) groups is 1. The highest BCUT2D eigenvalue weighted by atomic mass is 35.5. The molecular weight excluding hydrogens is 527 g/mol. The van der Waals surface area contributed by atoms with E-state index in [2.05, 4.69) is 25.5 Å². The van der Waals surface area contributed by atoms with Gasteiger partial charge in [0.1, 0.15) is 17.5 Å². The van der Waals surface area contributed by atoms with Crippen molar-refractivity contribution in [1.82, 2.24) is 14.8 Å². The third-order valence-corrected chi connectivity index (χ3v) is 6.99. The van der Waals surface area contributed by atoms with Gasteiger partial charge in [-0.3, -0.25) is 14.6 Å². The maximum Gasteiger partial charge on any atom is 0.258 e. The van der Waals surface area contributed by atoms with Gasteiger partial charge in [0.2, 0.25) is 0 Å². The van der Waals surface area contributed by atoms with Gasteiger partial charge in [0, 0.05) is 42.5 Å². The minimum absolute atomic E-state index is 0.134. The highest BCUT2D eigenvalue weighted by Crippen LogP contribution is 2.27. The quantitative estimate of drug-likeness (QED) is 0.372. The number of benzene rings is 2. The first-order valence-electron chi connectivity index (χ1n) is 11.9. The molecule has 0 unspecified atom stereocenters. The molecule has 38 heavy (non-hydrogen) atoms. The molecule has 1 aromatic heterocycles. The maximum absolute atomic E-state index is 15.0. The van der Waals surface area contributed by atoms with Gasteiger partial charge < -0.3 is 20.4 Å². The lowest BCUT2D eigenvalue weighted by atomic mass is 10.1. The van der Waals surface area contributed by atoms with Crippen LogP contribution in [0.1, 0.15) is 26.3 Å². The highest BCUT2D eigenvalue weighted by molar-refractivity contribution is 7.99. The van der Waals surface area contributed by atoms with E-state index in [4.69, 9.17) is 11.6 Å². The van der Waals surface area contributed by atoms with E-state index in [0.29, 0.717) is 28.8 Å². The molecule has 0 spiro atoms. The third kappa shape index (κ3) is 6.89. The summed E-state index contributed by atoms with van der Waals surface area (Å²) < 4.78 is 15.0. The van der Waals surface area contributed by atoms with E-state index in [-0.39, 0.29) is 16.8 Å². The molecule has 2 heterocycles. The van der Waals surface area contributed by atoms with E-state index < -0.39 is 17.6 Å². The lowest BCUT2D eigenvalue weighted by molar-refractivity contribution is 0.102. The summed E-state index contributed by atoms with van der Waals surface area (Å²) in [6, 6.07) is 12.8. The second-order valence-electron chi connectivity index (χ2n) is 8.95. The van der Waals surface area contributed by atoms with E-state index >= 15 is 0 Å². The Morgan fingerprint density at radius 1 is 1.08 bits per heavy atom. The number of nitrogens with one attached hydrogen (secondary N) is 2. The number of nitrogens with zero attached hydrogens (tertiary/aromatic N) is 4. The van der Waals surface area contributed by atoms with Crippen molar-refractivity contribution >= 4 is 52.5 Å². The van der Waals surface area contributed by atoms with Crippen LogP contribution >= 0.6 is 23.4 Å². The Morgan fingerprint density at radius 3 is 2.53 bits per heavy atom. The van der Waals surface area contributed by atoms with Crippen molar-refractivity contribution in [1.29, 1.82) is 0 Å². The molecule has 3 aromatic rings. The summed E-state index contributed by atoms with van der Waals surface area (Å²) in [7, 11) is 5.86. The average molecular weight is 555 g/mol. The van der Waals surface area contributed by atoms with Crippen molar-refractivity contribution in [3.05, 3.63) is 82.3 Å². The van der Waals surface area contributed by atoms with E-state index in [9.17, 15) is 14.0 Å². The molecule has 2 N–H and O–H groups in total. The monoisotopic (exact) mass is 554 g/mol. The average Bonchev–Trinajstić information content (AvgIpc) is 3.31. The first-order chi connectivity index (χ1) is 18.2. The molecule has 2 aromatic carbocycles. The van der Waals surface area contributed by atoms with Gasteiger partial charge >= 0.3 is 0 Å². The Bertz CT molecular complexity index is 1370. The number of thioether (sulfide) groups is 1. The van der Waals surface area contributed by atoms with Crippen molar-refractivity contribution in [3.63, 3.8) is 0 Å². The number of rotatable bonds is 9. The van der Waals surface area contributed by atoms with E-state index in [1.807, 2.05) is 32.1 Å². The lowest BCUT2D eigenvalue weighted by Crippen LogP contribution is -2.24. The van der Waals surface area contributed by atoms with Gasteiger partial charge in [-0.25, -0.2) is 9.37 Å². The standard InChI is InChI=1S/C27H28ClFN6O2S/c1-34(2)12-13-38-19-6-8-23(21(15-19)27(37)33-24-9-5-18(28)16-31-24)32-26(36)20-7-4-17(14-22(20)29)25-30-10-11-35(25)3/h4-9,14-16H,10-13H2,1-3H3,(H,32,36)(H,31,33,37). The molecule has 198 valence electrons. The normalized spacial score (nSPS) is 13.0. The lowest BCUT2D eigenvalue weighted by Gasteiger charge is -2.16. The zero-order valence-corrected chi connectivity index (χ0v) is 22.9. The minimum Gasteiger partial charge on any atom is -0.358 e. The molecule has 11 heteroatoms. The first-order valence-corrected chi connectivity index (χ1v) is 13.3. The second-order valence-corrected chi connectivity index (χ2v) is 10.6. The maximum atomic E-state index is 15.0. The number of amides is 2. The molecule has 0 fully saturated rings. The van der Waals surface area contributed by atoms with Crippen molar-refractivity contribution in [3.8, 4) is 0 Å². The fraction of sp³-hybridized carbons (Fsp3) is 0.259. The molecule has 1 aliphatic heterocycles. The SMILES string of the molecule is CN(C)CCSc1ccc(NC(=O)c2ccc(C3=NCCN3C)cc2F)c(C(=O)Nc2ccc(Cl)cn2)c1. The number of anilines is 2. The third-order valence-electron chi connectivity index (χ3n) is 5.79. The van der Waals surface area contributed by atoms with Crippen LogP contribution in [-0.4, -0.2) is 79.0 Å². The number of carbonyl (C=O) groups is 2. The zero-order chi connectivity index (χ0) is 27.2. The summed E-state index contributed by atoms with van der Waals surface area (Å²) >= 11 is 7.48. The van der Waals surface area contributed by atoms with Crippen molar-refractivity contribution in [2.45, 2.75) is 4.90 Å². The predicted octanol–water partition coefficient (Wildman–Crippen LogP) is 4.72. The van der Waals surface area contributed by atoms with Gasteiger partial charge in [-0.2, -0.15) is 0 Å². The van der Waals surface area contributed by atoms with Crippen LogP contribution in [0.15, 0.2) is 64.6 Å². The molecule has 0 atom stereocenters. The number of hydrogen-bond donors (Lipinski definition) is 2. The first kappa shape index (κ1) is 27.6. The Balaban J connectivity index is 1.57. The van der Waals surface area contributed by atoms with Crippen LogP contribution in [-0.2, 0) is 0 Å². The molecule has 0 radical (unpaired) electrons. The summed E-state index contributed by atoms with van der Waals surface area (Å²) in [6.45, 7) is 2.27. The summed E-state index contributed by atoms with van der Waals surface area (Å²) in [5.41, 5.74) is 0.949. The van der Waals surface area contributed by atoms with Crippen LogP contribution in [0.4, 0.5) is 15.9 Å². The minimum atomic E-state index is -0.671. The van der Waals surface area contributed by atoms with Gasteiger partial charge in [-0.15, -0.1) is 11.8 Å². The van der Waals surface area contributed by atoms with Gasteiger partial charge in [-0.1, -0.05) is 17.7 Å². The number of pyridine rings is 1. The van der Waals surface area contributed by atoms with Gasteiger partial charge in [0.15, 0.2) is 0 Å². The molecule has 0 saturated carbocycles.